The molecule has 2 saturated heterocycles. The lowest BCUT2D eigenvalue weighted by Crippen LogP contribution is -2.78. The monoisotopic (exact) mass is 480 g/mol. The first-order valence-electron chi connectivity index (χ1n) is 12.4. The third-order valence-corrected chi connectivity index (χ3v) is 8.15. The van der Waals surface area contributed by atoms with Crippen LogP contribution in [-0.2, 0) is 0 Å². The Labute approximate surface area is 208 Å². The summed E-state index contributed by atoms with van der Waals surface area (Å²) in [4.78, 5) is 28.6. The van der Waals surface area contributed by atoms with Crippen LogP contribution in [0.4, 0.5) is 9.59 Å². The fourth-order valence-corrected chi connectivity index (χ4v) is 5.97. The maximum atomic E-state index is 13.0. The highest BCUT2D eigenvalue weighted by molar-refractivity contribution is 5.65. The van der Waals surface area contributed by atoms with Crippen LogP contribution in [0.25, 0.3) is 0 Å². The summed E-state index contributed by atoms with van der Waals surface area (Å²) in [6.45, 7) is 12.3. The van der Waals surface area contributed by atoms with Crippen LogP contribution in [0, 0.1) is 13.8 Å². The Morgan fingerprint density at radius 1 is 0.886 bits per heavy atom. The van der Waals surface area contributed by atoms with Crippen molar-refractivity contribution in [1.82, 2.24) is 9.80 Å². The SMILES string of the molecule is Cc1ccc(C(c2ccc(C)cc2)[C@@H]2C[N+](C(=O)O)(C(C)(C)C)C[C@@H]3CN(C(=O)O)CCN32)cc1. The molecule has 0 saturated carbocycles. The number of quaternary nitrogens is 1. The summed E-state index contributed by atoms with van der Waals surface area (Å²) < 4.78 is -0.0967. The number of rotatable bonds is 3. The number of aryl methyl sites for hydroxylation is 2. The summed E-state index contributed by atoms with van der Waals surface area (Å²) >= 11 is 0. The van der Waals surface area contributed by atoms with Gasteiger partial charge in [0.15, 0.2) is 0 Å². The zero-order valence-electron chi connectivity index (χ0n) is 21.4. The van der Waals surface area contributed by atoms with Crippen LogP contribution >= 0.6 is 0 Å². The Morgan fingerprint density at radius 3 is 1.83 bits per heavy atom. The average molecular weight is 481 g/mol. The smallest absolute Gasteiger partial charge is 0.465 e. The van der Waals surface area contributed by atoms with E-state index < -0.39 is 17.7 Å². The molecule has 188 valence electrons. The van der Waals surface area contributed by atoms with Crippen LogP contribution in [-0.4, -0.2) is 87.0 Å². The van der Waals surface area contributed by atoms with E-state index in [9.17, 15) is 19.8 Å². The molecular formula is C28H38N3O4+. The van der Waals surface area contributed by atoms with Crippen molar-refractivity contribution >= 4 is 12.2 Å². The Balaban J connectivity index is 1.87. The lowest BCUT2D eigenvalue weighted by molar-refractivity contribution is -0.913. The molecule has 0 aromatic heterocycles. The van der Waals surface area contributed by atoms with Gasteiger partial charge < -0.3 is 15.1 Å². The van der Waals surface area contributed by atoms with Crippen LogP contribution in [0.1, 0.15) is 48.9 Å². The molecule has 7 heteroatoms. The number of hydrogen-bond donors (Lipinski definition) is 2. The van der Waals surface area contributed by atoms with Gasteiger partial charge in [0, 0.05) is 25.6 Å². The van der Waals surface area contributed by atoms with Gasteiger partial charge in [-0.3, -0.25) is 4.90 Å². The molecule has 1 unspecified atom stereocenters. The second-order valence-corrected chi connectivity index (χ2v) is 11.3. The highest BCUT2D eigenvalue weighted by Crippen LogP contribution is 2.41. The standard InChI is InChI=1S/C28H37N3O4/c1-19-6-10-21(11-7-19)25(22-12-8-20(2)9-13-22)24-18-31(27(34)35,28(3,4)5)17-23-16-29(26(32)33)14-15-30(23)24/h6-13,23-25H,14-18H2,1-5H3,(H-,32,33,34,35)/p+1/t23-,24-,31?/m0/s1. The van der Waals surface area contributed by atoms with Gasteiger partial charge in [-0.15, -0.1) is 0 Å². The molecule has 4 rings (SSSR count). The van der Waals surface area contributed by atoms with Crippen LogP contribution in [0.15, 0.2) is 48.5 Å². The van der Waals surface area contributed by atoms with Gasteiger partial charge in [-0.1, -0.05) is 59.7 Å². The van der Waals surface area contributed by atoms with Gasteiger partial charge in [0.1, 0.15) is 18.6 Å². The van der Waals surface area contributed by atoms with Crippen molar-refractivity contribution in [3.63, 3.8) is 0 Å². The summed E-state index contributed by atoms with van der Waals surface area (Å²) in [5.74, 6) is -0.0328. The molecule has 2 aliphatic heterocycles. The van der Waals surface area contributed by atoms with Gasteiger partial charge in [-0.2, -0.15) is 4.79 Å². The van der Waals surface area contributed by atoms with E-state index in [-0.39, 0.29) is 22.5 Å². The molecule has 2 fully saturated rings. The molecule has 7 nitrogen and oxygen atoms in total. The van der Waals surface area contributed by atoms with Crippen LogP contribution < -0.4 is 0 Å². The van der Waals surface area contributed by atoms with Crippen molar-refractivity contribution in [3.05, 3.63) is 70.8 Å². The number of amides is 2. The Morgan fingerprint density at radius 2 is 1.40 bits per heavy atom. The third kappa shape index (κ3) is 4.67. The fraction of sp³-hybridized carbons (Fsp3) is 0.500. The molecule has 2 heterocycles. The predicted molar refractivity (Wildman–Crippen MR) is 136 cm³/mol. The third-order valence-electron chi connectivity index (χ3n) is 8.15. The van der Waals surface area contributed by atoms with E-state index in [1.807, 2.05) is 20.8 Å². The minimum Gasteiger partial charge on any atom is -0.465 e. The van der Waals surface area contributed by atoms with Gasteiger partial charge >= 0.3 is 12.2 Å². The number of fused-ring (bicyclic) bond motifs is 1. The first-order chi connectivity index (χ1) is 16.4. The zero-order valence-corrected chi connectivity index (χ0v) is 21.4. The molecule has 3 atom stereocenters. The van der Waals surface area contributed by atoms with E-state index in [2.05, 4.69) is 67.3 Å². The van der Waals surface area contributed by atoms with E-state index in [1.54, 1.807) is 0 Å². The summed E-state index contributed by atoms with van der Waals surface area (Å²) in [6, 6.07) is 16.8. The maximum absolute atomic E-state index is 13.0. The van der Waals surface area contributed by atoms with E-state index in [0.717, 1.165) is 11.1 Å². The van der Waals surface area contributed by atoms with Gasteiger partial charge in [0.25, 0.3) is 0 Å². The van der Waals surface area contributed by atoms with Crippen molar-refractivity contribution in [1.29, 1.82) is 0 Å². The molecule has 2 aliphatic rings. The second kappa shape index (κ2) is 9.28. The lowest BCUT2D eigenvalue weighted by Gasteiger charge is -2.57. The van der Waals surface area contributed by atoms with E-state index >= 15 is 0 Å². The molecule has 0 bridgehead atoms. The molecular weight excluding hydrogens is 442 g/mol. The van der Waals surface area contributed by atoms with Gasteiger partial charge in [-0.05, 0) is 45.7 Å². The van der Waals surface area contributed by atoms with Crippen molar-refractivity contribution in [2.45, 2.75) is 58.2 Å². The number of carbonyl (C=O) groups is 2. The molecule has 0 spiro atoms. The Bertz CT molecular complexity index is 1030. The van der Waals surface area contributed by atoms with Gasteiger partial charge in [0.2, 0.25) is 0 Å². The minimum absolute atomic E-state index is 0.0328. The molecule has 2 N–H and O–H groups in total. The zero-order chi connectivity index (χ0) is 25.5. The number of carboxylic acid groups (broad SMARTS) is 2. The second-order valence-electron chi connectivity index (χ2n) is 11.3. The lowest BCUT2D eigenvalue weighted by atomic mass is 9.79. The van der Waals surface area contributed by atoms with E-state index in [0.29, 0.717) is 32.7 Å². The quantitative estimate of drug-likeness (QED) is 0.618. The predicted octanol–water partition coefficient (Wildman–Crippen LogP) is 4.78. The van der Waals surface area contributed by atoms with Gasteiger partial charge in [0.05, 0.1) is 12.1 Å². The highest BCUT2D eigenvalue weighted by Gasteiger charge is 2.58. The molecule has 2 aromatic carbocycles. The largest absolute Gasteiger partial charge is 0.514 e. The van der Waals surface area contributed by atoms with E-state index in [1.165, 1.54) is 16.0 Å². The maximum Gasteiger partial charge on any atom is 0.514 e. The summed E-state index contributed by atoms with van der Waals surface area (Å²) in [5, 5.41) is 20.3. The number of piperazine rings is 2. The molecule has 2 amide bonds. The molecule has 35 heavy (non-hydrogen) atoms. The van der Waals surface area contributed by atoms with E-state index in [4.69, 9.17) is 0 Å². The summed E-state index contributed by atoms with van der Waals surface area (Å²) in [7, 11) is 0. The van der Waals surface area contributed by atoms with Crippen molar-refractivity contribution in [3.8, 4) is 0 Å². The molecule has 0 radical (unpaired) electrons. The number of nitrogens with zero attached hydrogens (tertiary/aromatic N) is 3. The van der Waals surface area contributed by atoms with Crippen LogP contribution in [0.5, 0.6) is 0 Å². The normalized spacial score (nSPS) is 25.4. The Kier molecular flexibility index (Phi) is 6.68. The van der Waals surface area contributed by atoms with Crippen molar-refractivity contribution < 1.29 is 24.3 Å². The summed E-state index contributed by atoms with van der Waals surface area (Å²) in [6.07, 6.45) is -1.79. The average Bonchev–Trinajstić information content (AvgIpc) is 2.80. The van der Waals surface area contributed by atoms with Crippen LogP contribution in [0.2, 0.25) is 0 Å². The number of benzene rings is 2. The molecule has 0 aliphatic carbocycles. The number of hydrogen-bond acceptors (Lipinski definition) is 3. The van der Waals surface area contributed by atoms with Gasteiger partial charge in [-0.25, -0.2) is 9.28 Å². The molecule has 2 aromatic rings. The highest BCUT2D eigenvalue weighted by atomic mass is 16.4. The first kappa shape index (κ1) is 25.2. The van der Waals surface area contributed by atoms with Crippen LogP contribution in [0.3, 0.4) is 0 Å². The van der Waals surface area contributed by atoms with Crippen molar-refractivity contribution in [2.75, 3.05) is 32.7 Å². The fourth-order valence-electron chi connectivity index (χ4n) is 5.97. The summed E-state index contributed by atoms with van der Waals surface area (Å²) in [5.41, 5.74) is 4.12. The first-order valence-corrected chi connectivity index (χ1v) is 12.4. The Hall–Kier alpha value is -2.90. The minimum atomic E-state index is -0.940. The van der Waals surface area contributed by atoms with Crippen molar-refractivity contribution in [2.24, 2.45) is 0 Å². The topological polar surface area (TPSA) is 81.1 Å².